The van der Waals surface area contributed by atoms with Crippen LogP contribution in [0.15, 0.2) is 15.8 Å². The molecule has 8 nitrogen and oxygen atoms in total. The molecule has 3 atom stereocenters. The summed E-state index contributed by atoms with van der Waals surface area (Å²) in [5.74, 6) is 5.39. The Labute approximate surface area is 149 Å². The van der Waals surface area contributed by atoms with Crippen molar-refractivity contribution in [2.45, 2.75) is 44.9 Å². The van der Waals surface area contributed by atoms with Gasteiger partial charge in [-0.15, -0.1) is 0 Å². The molecule has 140 valence electrons. The first-order valence-corrected chi connectivity index (χ1v) is 8.87. The Morgan fingerprint density at radius 3 is 2.58 bits per heavy atom. The van der Waals surface area contributed by atoms with Crippen LogP contribution < -0.4 is 27.7 Å². The molecule has 1 aliphatic heterocycles. The Bertz CT molecular complexity index is 993. The second-order valence-corrected chi connectivity index (χ2v) is 7.47. The van der Waals surface area contributed by atoms with Gasteiger partial charge in [0.05, 0.1) is 17.4 Å². The number of nitrogens with two attached hydrogens (primary N) is 2. The molecule has 0 radical (unpaired) electrons. The van der Waals surface area contributed by atoms with Crippen molar-refractivity contribution in [3.8, 4) is 0 Å². The van der Waals surface area contributed by atoms with Crippen LogP contribution in [0, 0.1) is 12.8 Å². The van der Waals surface area contributed by atoms with Gasteiger partial charge in [0.15, 0.2) is 5.52 Å². The molecule has 3 unspecified atom stereocenters. The van der Waals surface area contributed by atoms with Crippen molar-refractivity contribution in [1.82, 2.24) is 14.2 Å². The molecule has 2 fully saturated rings. The van der Waals surface area contributed by atoms with Gasteiger partial charge in [-0.05, 0) is 26.7 Å². The van der Waals surface area contributed by atoms with E-state index in [9.17, 15) is 14.0 Å². The van der Waals surface area contributed by atoms with Crippen LogP contribution in [-0.4, -0.2) is 39.5 Å². The third-order valence-corrected chi connectivity index (χ3v) is 5.57. The van der Waals surface area contributed by atoms with Gasteiger partial charge in [0.1, 0.15) is 6.17 Å². The molecular formula is C17H23FN6O2. The maximum atomic E-state index is 14.4. The summed E-state index contributed by atoms with van der Waals surface area (Å²) in [6.07, 6.45) is 2.27. The zero-order chi connectivity index (χ0) is 18.7. The van der Waals surface area contributed by atoms with E-state index < -0.39 is 17.4 Å². The molecule has 1 saturated carbocycles. The molecule has 2 aliphatic rings. The predicted octanol–water partition coefficient (Wildman–Crippen LogP) is 0.0368. The van der Waals surface area contributed by atoms with Gasteiger partial charge in [-0.1, -0.05) is 0 Å². The maximum absolute atomic E-state index is 14.4. The second-order valence-electron chi connectivity index (χ2n) is 7.47. The number of aromatic nitrogens is 3. The SMILES string of the molecule is Cc1c(N2CC(F)C(C(C)N)C2)cnc2c(=O)n(N)c(=O)n(C3CC3)c12. The minimum atomic E-state index is -1.02. The molecule has 9 heteroatoms. The van der Waals surface area contributed by atoms with Crippen molar-refractivity contribution in [1.29, 1.82) is 0 Å². The fraction of sp³-hybridized carbons (Fsp3) is 0.588. The van der Waals surface area contributed by atoms with E-state index in [4.69, 9.17) is 11.6 Å². The molecule has 0 spiro atoms. The van der Waals surface area contributed by atoms with Crippen LogP contribution in [0.3, 0.4) is 0 Å². The highest BCUT2D eigenvalue weighted by atomic mass is 19.1. The third-order valence-electron chi connectivity index (χ3n) is 5.57. The second kappa shape index (κ2) is 5.80. The summed E-state index contributed by atoms with van der Waals surface area (Å²) >= 11 is 0. The number of hydrogen-bond acceptors (Lipinski definition) is 6. The van der Waals surface area contributed by atoms with Gasteiger partial charge in [-0.3, -0.25) is 9.36 Å². The van der Waals surface area contributed by atoms with E-state index in [-0.39, 0.29) is 30.1 Å². The van der Waals surface area contributed by atoms with Crippen LogP contribution in [0.25, 0.3) is 11.0 Å². The van der Waals surface area contributed by atoms with Crippen molar-refractivity contribution in [3.63, 3.8) is 0 Å². The standard InChI is InChI=1S/C17H23FN6O2/c1-8-13(22-6-11(9(2)19)12(18)7-22)5-21-14-15(8)23(10-3-4-10)17(26)24(20)16(14)25/h5,9-12H,3-4,6-7,19-20H2,1-2H3. The van der Waals surface area contributed by atoms with E-state index in [0.717, 1.165) is 24.1 Å². The summed E-state index contributed by atoms with van der Waals surface area (Å²) in [5.41, 5.74) is 6.89. The van der Waals surface area contributed by atoms with Crippen LogP contribution in [0.5, 0.6) is 0 Å². The van der Waals surface area contributed by atoms with E-state index in [1.807, 2.05) is 11.8 Å². The number of fused-ring (bicyclic) bond motifs is 1. The van der Waals surface area contributed by atoms with E-state index in [1.54, 1.807) is 17.7 Å². The van der Waals surface area contributed by atoms with Crippen molar-refractivity contribution in [2.24, 2.45) is 11.7 Å². The van der Waals surface area contributed by atoms with Crippen LogP contribution in [-0.2, 0) is 0 Å². The summed E-state index contributed by atoms with van der Waals surface area (Å²) in [5, 5.41) is 0. The Balaban J connectivity index is 1.91. The monoisotopic (exact) mass is 362 g/mol. The van der Waals surface area contributed by atoms with E-state index in [1.165, 1.54) is 0 Å². The maximum Gasteiger partial charge on any atom is 0.350 e. The number of nitrogens with zero attached hydrogens (tertiary/aromatic N) is 4. The van der Waals surface area contributed by atoms with Gasteiger partial charge in [-0.25, -0.2) is 14.2 Å². The van der Waals surface area contributed by atoms with Gasteiger partial charge in [0.2, 0.25) is 0 Å². The fourth-order valence-corrected chi connectivity index (χ4v) is 3.92. The summed E-state index contributed by atoms with van der Waals surface area (Å²) in [7, 11) is 0. The van der Waals surface area contributed by atoms with Crippen molar-refractivity contribution in [3.05, 3.63) is 32.6 Å². The molecule has 3 heterocycles. The van der Waals surface area contributed by atoms with Gasteiger partial charge in [0, 0.05) is 36.7 Å². The number of aryl methyl sites for hydroxylation is 1. The number of hydrogen-bond donors (Lipinski definition) is 2. The van der Waals surface area contributed by atoms with E-state index >= 15 is 0 Å². The summed E-state index contributed by atoms with van der Waals surface area (Å²) in [6.45, 7) is 4.35. The minimum absolute atomic E-state index is 0.0282. The van der Waals surface area contributed by atoms with Crippen molar-refractivity contribution in [2.75, 3.05) is 23.8 Å². The lowest BCUT2D eigenvalue weighted by Gasteiger charge is -2.23. The largest absolute Gasteiger partial charge is 0.367 e. The predicted molar refractivity (Wildman–Crippen MR) is 97.7 cm³/mol. The van der Waals surface area contributed by atoms with Crippen LogP contribution in [0.2, 0.25) is 0 Å². The zero-order valence-electron chi connectivity index (χ0n) is 14.9. The molecule has 2 aromatic rings. The van der Waals surface area contributed by atoms with E-state index in [0.29, 0.717) is 16.7 Å². The van der Waals surface area contributed by atoms with Crippen molar-refractivity contribution >= 4 is 16.7 Å². The van der Waals surface area contributed by atoms with Gasteiger partial charge < -0.3 is 16.5 Å². The van der Waals surface area contributed by atoms with Gasteiger partial charge >= 0.3 is 11.2 Å². The molecule has 1 saturated heterocycles. The molecular weight excluding hydrogens is 339 g/mol. The third kappa shape index (κ3) is 2.41. The van der Waals surface area contributed by atoms with E-state index in [2.05, 4.69) is 4.98 Å². The zero-order valence-corrected chi connectivity index (χ0v) is 14.9. The summed E-state index contributed by atoms with van der Waals surface area (Å²) < 4.78 is 16.5. The van der Waals surface area contributed by atoms with Gasteiger partial charge in [0.25, 0.3) is 0 Å². The molecule has 26 heavy (non-hydrogen) atoms. The topological polar surface area (TPSA) is 112 Å². The lowest BCUT2D eigenvalue weighted by atomic mass is 10.0. The lowest BCUT2D eigenvalue weighted by Crippen LogP contribution is -2.45. The average Bonchev–Trinajstić information content (AvgIpc) is 3.35. The quantitative estimate of drug-likeness (QED) is 0.746. The highest BCUT2D eigenvalue weighted by molar-refractivity contribution is 5.83. The summed E-state index contributed by atoms with van der Waals surface area (Å²) in [4.78, 5) is 31.1. The first-order chi connectivity index (χ1) is 12.3. The Hall–Kier alpha value is -2.42. The number of rotatable bonds is 3. The summed E-state index contributed by atoms with van der Waals surface area (Å²) in [6, 6.07) is -0.224. The Morgan fingerprint density at radius 2 is 2.00 bits per heavy atom. The Morgan fingerprint density at radius 1 is 1.31 bits per heavy atom. The molecule has 4 rings (SSSR count). The molecule has 0 amide bonds. The number of nitrogen functional groups attached to an aromatic ring is 1. The highest BCUT2D eigenvalue weighted by Crippen LogP contribution is 2.38. The average molecular weight is 362 g/mol. The fourth-order valence-electron chi connectivity index (χ4n) is 3.92. The number of pyridine rings is 1. The first kappa shape index (κ1) is 17.0. The Kier molecular flexibility index (Phi) is 3.80. The molecule has 4 N–H and O–H groups in total. The normalized spacial score (nSPS) is 24.4. The highest BCUT2D eigenvalue weighted by Gasteiger charge is 2.37. The van der Waals surface area contributed by atoms with Crippen molar-refractivity contribution < 1.29 is 4.39 Å². The van der Waals surface area contributed by atoms with Crippen LogP contribution in [0.4, 0.5) is 10.1 Å². The number of halogens is 1. The lowest BCUT2D eigenvalue weighted by molar-refractivity contribution is 0.259. The van der Waals surface area contributed by atoms with Crippen LogP contribution >= 0.6 is 0 Å². The molecule has 1 aliphatic carbocycles. The smallest absolute Gasteiger partial charge is 0.350 e. The molecule has 2 aromatic heterocycles. The van der Waals surface area contributed by atoms with Gasteiger partial charge in [-0.2, -0.15) is 4.68 Å². The number of alkyl halides is 1. The number of anilines is 1. The first-order valence-electron chi connectivity index (χ1n) is 8.87. The molecule has 0 aromatic carbocycles. The minimum Gasteiger partial charge on any atom is -0.367 e. The molecule has 0 bridgehead atoms. The van der Waals surface area contributed by atoms with Crippen LogP contribution in [0.1, 0.15) is 31.4 Å².